The zero-order valence-corrected chi connectivity index (χ0v) is 8.93. The third-order valence-electron chi connectivity index (χ3n) is 1.75. The van der Waals surface area contributed by atoms with Gasteiger partial charge in [0.1, 0.15) is 0 Å². The molecule has 1 atom stereocenters. The van der Waals surface area contributed by atoms with Gasteiger partial charge < -0.3 is 5.11 Å². The Bertz CT molecular complexity index is 269. The Balaban J connectivity index is 2.82. The van der Waals surface area contributed by atoms with E-state index in [0.717, 1.165) is 10.9 Å². The van der Waals surface area contributed by atoms with Gasteiger partial charge >= 0.3 is 0 Å². The molecule has 0 aliphatic heterocycles. The van der Waals surface area contributed by atoms with Crippen LogP contribution in [0.25, 0.3) is 0 Å². The highest BCUT2D eigenvalue weighted by atomic mass is 79.9. The maximum atomic E-state index is 9.15. The highest BCUT2D eigenvalue weighted by Crippen LogP contribution is 2.17. The van der Waals surface area contributed by atoms with Gasteiger partial charge in [-0.25, -0.2) is 0 Å². The SMILES string of the molecule is Cc1cc(C[C@H](C)O)ccc1Br. The average molecular weight is 229 g/mol. The second kappa shape index (κ2) is 4.06. The first-order chi connectivity index (χ1) is 5.59. The molecule has 0 aromatic heterocycles. The molecule has 2 heteroatoms. The zero-order chi connectivity index (χ0) is 9.14. The van der Waals surface area contributed by atoms with Gasteiger partial charge in [0.05, 0.1) is 6.10 Å². The summed E-state index contributed by atoms with van der Waals surface area (Å²) in [6, 6.07) is 6.15. The molecule has 12 heavy (non-hydrogen) atoms. The molecular weight excluding hydrogens is 216 g/mol. The average Bonchev–Trinajstić information content (AvgIpc) is 1.96. The minimum Gasteiger partial charge on any atom is -0.393 e. The molecule has 0 amide bonds. The van der Waals surface area contributed by atoms with Crippen molar-refractivity contribution in [2.45, 2.75) is 26.4 Å². The van der Waals surface area contributed by atoms with Crippen molar-refractivity contribution in [3.05, 3.63) is 33.8 Å². The molecule has 1 nitrogen and oxygen atoms in total. The van der Waals surface area contributed by atoms with Crippen molar-refractivity contribution in [1.82, 2.24) is 0 Å². The molecule has 66 valence electrons. The Kier molecular flexibility index (Phi) is 3.29. The summed E-state index contributed by atoms with van der Waals surface area (Å²) in [5.74, 6) is 0. The van der Waals surface area contributed by atoms with Gasteiger partial charge in [-0.3, -0.25) is 0 Å². The first-order valence-electron chi connectivity index (χ1n) is 4.02. The number of aryl methyl sites for hydroxylation is 1. The van der Waals surface area contributed by atoms with Crippen LogP contribution in [-0.2, 0) is 6.42 Å². The fraction of sp³-hybridized carbons (Fsp3) is 0.400. The standard InChI is InChI=1S/C10H13BrO/c1-7-5-9(6-8(2)12)3-4-10(7)11/h3-5,8,12H,6H2,1-2H3/t8-/m0/s1. The lowest BCUT2D eigenvalue weighted by atomic mass is 10.1. The molecule has 0 spiro atoms. The van der Waals surface area contributed by atoms with E-state index in [1.165, 1.54) is 11.1 Å². The van der Waals surface area contributed by atoms with Crippen molar-refractivity contribution in [2.24, 2.45) is 0 Å². The monoisotopic (exact) mass is 228 g/mol. The number of hydrogen-bond acceptors (Lipinski definition) is 1. The van der Waals surface area contributed by atoms with Crippen LogP contribution in [0, 0.1) is 6.92 Å². The lowest BCUT2D eigenvalue weighted by Gasteiger charge is -2.05. The van der Waals surface area contributed by atoms with E-state index >= 15 is 0 Å². The van der Waals surface area contributed by atoms with Gasteiger partial charge in [-0.05, 0) is 37.5 Å². The number of rotatable bonds is 2. The molecule has 0 unspecified atom stereocenters. The number of benzene rings is 1. The van der Waals surface area contributed by atoms with E-state index in [-0.39, 0.29) is 6.10 Å². The summed E-state index contributed by atoms with van der Waals surface area (Å²) in [6.45, 7) is 3.85. The number of aliphatic hydroxyl groups is 1. The van der Waals surface area contributed by atoms with Crippen LogP contribution in [0.4, 0.5) is 0 Å². The van der Waals surface area contributed by atoms with E-state index in [2.05, 4.69) is 28.9 Å². The normalized spacial score (nSPS) is 13.0. The van der Waals surface area contributed by atoms with Gasteiger partial charge in [0.15, 0.2) is 0 Å². The van der Waals surface area contributed by atoms with Crippen LogP contribution < -0.4 is 0 Å². The van der Waals surface area contributed by atoms with Crippen molar-refractivity contribution in [3.8, 4) is 0 Å². The third-order valence-corrected chi connectivity index (χ3v) is 2.64. The molecule has 0 radical (unpaired) electrons. The smallest absolute Gasteiger partial charge is 0.0552 e. The highest BCUT2D eigenvalue weighted by molar-refractivity contribution is 9.10. The van der Waals surface area contributed by atoms with E-state index in [9.17, 15) is 0 Å². The molecule has 0 aliphatic rings. The minimum atomic E-state index is -0.259. The van der Waals surface area contributed by atoms with Crippen LogP contribution in [-0.4, -0.2) is 11.2 Å². The van der Waals surface area contributed by atoms with Crippen molar-refractivity contribution in [1.29, 1.82) is 0 Å². The van der Waals surface area contributed by atoms with E-state index in [0.29, 0.717) is 0 Å². The van der Waals surface area contributed by atoms with Gasteiger partial charge in [-0.2, -0.15) is 0 Å². The summed E-state index contributed by atoms with van der Waals surface area (Å²) in [6.07, 6.45) is 0.472. The van der Waals surface area contributed by atoms with Gasteiger partial charge in [0.25, 0.3) is 0 Å². The van der Waals surface area contributed by atoms with Crippen molar-refractivity contribution in [3.63, 3.8) is 0 Å². The molecule has 1 aromatic carbocycles. The van der Waals surface area contributed by atoms with Crippen LogP contribution in [0.2, 0.25) is 0 Å². The van der Waals surface area contributed by atoms with Gasteiger partial charge in [-0.15, -0.1) is 0 Å². The van der Waals surface area contributed by atoms with Gasteiger partial charge in [0.2, 0.25) is 0 Å². The third kappa shape index (κ3) is 2.61. The predicted molar refractivity (Wildman–Crippen MR) is 54.3 cm³/mol. The Hall–Kier alpha value is -0.340. The number of aliphatic hydroxyl groups excluding tert-OH is 1. The molecule has 0 heterocycles. The van der Waals surface area contributed by atoms with Crippen molar-refractivity contribution in [2.75, 3.05) is 0 Å². The van der Waals surface area contributed by atoms with Gasteiger partial charge in [0, 0.05) is 4.47 Å². The summed E-state index contributed by atoms with van der Waals surface area (Å²) >= 11 is 3.43. The van der Waals surface area contributed by atoms with E-state index in [4.69, 9.17) is 5.11 Å². The van der Waals surface area contributed by atoms with Crippen LogP contribution in [0.1, 0.15) is 18.1 Å². The second-order valence-corrected chi connectivity index (χ2v) is 3.99. The van der Waals surface area contributed by atoms with Crippen LogP contribution in [0.5, 0.6) is 0 Å². The molecule has 0 bridgehead atoms. The van der Waals surface area contributed by atoms with Crippen molar-refractivity contribution < 1.29 is 5.11 Å². The predicted octanol–water partition coefficient (Wildman–Crippen LogP) is 2.68. The highest BCUT2D eigenvalue weighted by Gasteiger charge is 2.00. The largest absolute Gasteiger partial charge is 0.393 e. The fourth-order valence-corrected chi connectivity index (χ4v) is 1.42. The summed E-state index contributed by atoms with van der Waals surface area (Å²) in [5.41, 5.74) is 2.40. The Morgan fingerprint density at radius 1 is 1.50 bits per heavy atom. The fourth-order valence-electron chi connectivity index (χ4n) is 1.17. The maximum absolute atomic E-state index is 9.15. The molecule has 0 saturated heterocycles. The Labute approximate surface area is 81.6 Å². The summed E-state index contributed by atoms with van der Waals surface area (Å²) in [5, 5.41) is 9.15. The lowest BCUT2D eigenvalue weighted by molar-refractivity contribution is 0.195. The molecular formula is C10H13BrO. The van der Waals surface area contributed by atoms with E-state index in [1.54, 1.807) is 6.92 Å². The summed E-state index contributed by atoms with van der Waals surface area (Å²) < 4.78 is 1.12. The van der Waals surface area contributed by atoms with E-state index in [1.807, 2.05) is 12.1 Å². The Morgan fingerprint density at radius 3 is 2.67 bits per heavy atom. The first kappa shape index (κ1) is 9.75. The molecule has 1 aromatic rings. The molecule has 1 rings (SSSR count). The summed E-state index contributed by atoms with van der Waals surface area (Å²) in [4.78, 5) is 0. The first-order valence-corrected chi connectivity index (χ1v) is 4.82. The van der Waals surface area contributed by atoms with Crippen LogP contribution in [0.15, 0.2) is 22.7 Å². The number of halogens is 1. The quantitative estimate of drug-likeness (QED) is 0.826. The molecule has 0 saturated carbocycles. The molecule has 0 fully saturated rings. The Morgan fingerprint density at radius 2 is 2.17 bits per heavy atom. The van der Waals surface area contributed by atoms with Crippen LogP contribution in [0.3, 0.4) is 0 Å². The zero-order valence-electron chi connectivity index (χ0n) is 7.34. The molecule has 0 aliphatic carbocycles. The second-order valence-electron chi connectivity index (χ2n) is 3.14. The van der Waals surface area contributed by atoms with E-state index < -0.39 is 0 Å². The topological polar surface area (TPSA) is 20.2 Å². The maximum Gasteiger partial charge on any atom is 0.0552 e. The number of hydrogen-bond donors (Lipinski definition) is 1. The molecule has 1 N–H and O–H groups in total. The van der Waals surface area contributed by atoms with Crippen molar-refractivity contribution >= 4 is 15.9 Å². The van der Waals surface area contributed by atoms with Crippen LogP contribution >= 0.6 is 15.9 Å². The lowest BCUT2D eigenvalue weighted by Crippen LogP contribution is -2.04. The van der Waals surface area contributed by atoms with Gasteiger partial charge in [-0.1, -0.05) is 28.1 Å². The summed E-state index contributed by atoms with van der Waals surface area (Å²) in [7, 11) is 0. The minimum absolute atomic E-state index is 0.259.